The molecule has 0 aromatic rings. The average molecular weight is 472 g/mol. The first-order chi connectivity index (χ1) is 9.82. The Hall–Kier alpha value is -1.43. The van der Waals surface area contributed by atoms with Crippen molar-refractivity contribution in [2.24, 2.45) is 0 Å². The van der Waals surface area contributed by atoms with E-state index in [4.69, 9.17) is 0 Å². The van der Waals surface area contributed by atoms with Crippen LogP contribution in [-0.4, -0.2) is 23.6 Å². The maximum atomic E-state index is 11.7. The third-order valence-electron chi connectivity index (χ3n) is 2.35. The number of carbonyl (C=O) groups excluding carboxylic acids is 4. The SMILES string of the molecule is CCC(=O)[NH][W]([NH]C(=O)CC)([NH]C(=O)CC)[NH]C(=O)CC. The van der Waals surface area contributed by atoms with E-state index in [2.05, 4.69) is 15.5 Å². The third-order valence-corrected chi connectivity index (χ3v) is 10.0. The molecule has 0 saturated heterocycles. The van der Waals surface area contributed by atoms with Crippen molar-refractivity contribution in [3.05, 3.63) is 0 Å². The molecule has 9 heteroatoms. The standard InChI is InChI=1S/4C3H7NO.W/c4*1-2-3(4)5;/h4*2H2,1H3,(H2,4,5);/q;;;;+4/p-4. The molecule has 0 aromatic carbocycles. The van der Waals surface area contributed by atoms with Crippen molar-refractivity contribution >= 4 is 23.6 Å². The van der Waals surface area contributed by atoms with Crippen LogP contribution in [0.25, 0.3) is 0 Å². The summed E-state index contributed by atoms with van der Waals surface area (Å²) >= 11 is -4.39. The summed E-state index contributed by atoms with van der Waals surface area (Å²) in [6.45, 7) is 6.60. The first kappa shape index (κ1) is 19.6. The summed E-state index contributed by atoms with van der Waals surface area (Å²) in [6, 6.07) is 0. The minimum absolute atomic E-state index is 0.185. The number of nitrogens with one attached hydrogen (secondary N) is 4. The van der Waals surface area contributed by atoms with Crippen LogP contribution in [0.4, 0.5) is 0 Å². The molecular formula is C12H24N4O4W. The number of carbonyl (C=O) groups is 4. The van der Waals surface area contributed by atoms with Crippen molar-refractivity contribution in [3.8, 4) is 0 Å². The van der Waals surface area contributed by atoms with Crippen LogP contribution in [0, 0.1) is 0 Å². The van der Waals surface area contributed by atoms with Crippen LogP contribution in [0.3, 0.4) is 0 Å². The molecule has 0 fully saturated rings. The molecule has 0 radical (unpaired) electrons. The van der Waals surface area contributed by atoms with Crippen LogP contribution in [0.5, 0.6) is 0 Å². The summed E-state index contributed by atoms with van der Waals surface area (Å²) < 4.78 is 10.6. The van der Waals surface area contributed by atoms with Crippen molar-refractivity contribution in [1.82, 2.24) is 15.5 Å². The fourth-order valence-electron chi connectivity index (χ4n) is 1.12. The van der Waals surface area contributed by atoms with Gasteiger partial charge < -0.3 is 0 Å². The molecule has 0 aliphatic heterocycles. The van der Waals surface area contributed by atoms with E-state index in [1.807, 2.05) is 0 Å². The van der Waals surface area contributed by atoms with Gasteiger partial charge in [-0.15, -0.1) is 0 Å². The van der Waals surface area contributed by atoms with Gasteiger partial charge in [0.1, 0.15) is 0 Å². The Labute approximate surface area is 129 Å². The van der Waals surface area contributed by atoms with Crippen LogP contribution >= 0.6 is 0 Å². The summed E-state index contributed by atoms with van der Waals surface area (Å²) in [7, 11) is 0. The fraction of sp³-hybridized carbons (Fsp3) is 0.667. The quantitative estimate of drug-likeness (QED) is 0.395. The Kier molecular flexibility index (Phi) is 8.85. The molecule has 8 nitrogen and oxygen atoms in total. The molecule has 0 spiro atoms. The molecule has 0 aromatic heterocycles. The van der Waals surface area contributed by atoms with E-state index in [9.17, 15) is 19.2 Å². The van der Waals surface area contributed by atoms with E-state index >= 15 is 0 Å². The van der Waals surface area contributed by atoms with Gasteiger partial charge >= 0.3 is 129 Å². The van der Waals surface area contributed by atoms with Gasteiger partial charge in [-0.05, 0) is 0 Å². The molecule has 0 rings (SSSR count). The summed E-state index contributed by atoms with van der Waals surface area (Å²) in [5, 5.41) is 0. The Balaban J connectivity index is 5.43. The summed E-state index contributed by atoms with van der Waals surface area (Å²) in [4.78, 5) is 46.9. The Morgan fingerprint density at radius 1 is 0.571 bits per heavy atom. The normalized spacial score (nSPS) is 11.2. The van der Waals surface area contributed by atoms with Gasteiger partial charge in [-0.1, -0.05) is 0 Å². The summed E-state index contributed by atoms with van der Waals surface area (Å²) in [5.74, 6) is -1.35. The van der Waals surface area contributed by atoms with Crippen LogP contribution in [0.1, 0.15) is 53.4 Å². The van der Waals surface area contributed by atoms with Crippen molar-refractivity contribution in [2.45, 2.75) is 53.4 Å². The molecule has 122 valence electrons. The Bertz CT molecular complexity index is 337. The molecule has 0 unspecified atom stereocenters. The van der Waals surface area contributed by atoms with Gasteiger partial charge in [-0.25, -0.2) is 0 Å². The number of hydrogen-bond acceptors (Lipinski definition) is 4. The van der Waals surface area contributed by atoms with Gasteiger partial charge in [0.05, 0.1) is 0 Å². The van der Waals surface area contributed by atoms with E-state index in [1.54, 1.807) is 27.7 Å². The van der Waals surface area contributed by atoms with Crippen molar-refractivity contribution in [2.75, 3.05) is 0 Å². The Morgan fingerprint density at radius 2 is 0.762 bits per heavy atom. The van der Waals surface area contributed by atoms with Gasteiger partial charge in [-0.2, -0.15) is 0 Å². The first-order valence-corrected chi connectivity index (χ1v) is 12.7. The van der Waals surface area contributed by atoms with Crippen molar-refractivity contribution in [3.63, 3.8) is 0 Å². The van der Waals surface area contributed by atoms with E-state index in [1.165, 1.54) is 0 Å². The van der Waals surface area contributed by atoms with Crippen LogP contribution in [-0.2, 0) is 36.2 Å². The molecule has 0 aliphatic rings. The first-order valence-electron chi connectivity index (χ1n) is 6.88. The number of hydrogen-bond donors (Lipinski definition) is 4. The molecule has 0 aliphatic carbocycles. The predicted molar refractivity (Wildman–Crippen MR) is 73.7 cm³/mol. The van der Waals surface area contributed by atoms with E-state index < -0.39 is 17.1 Å². The maximum absolute atomic E-state index is 11.7. The van der Waals surface area contributed by atoms with E-state index in [-0.39, 0.29) is 49.3 Å². The van der Waals surface area contributed by atoms with Crippen LogP contribution in [0.15, 0.2) is 0 Å². The van der Waals surface area contributed by atoms with Gasteiger partial charge in [0, 0.05) is 0 Å². The van der Waals surface area contributed by atoms with Crippen molar-refractivity contribution in [1.29, 1.82) is 0 Å². The minimum atomic E-state index is -4.39. The van der Waals surface area contributed by atoms with Crippen LogP contribution in [0.2, 0.25) is 0 Å². The monoisotopic (exact) mass is 472 g/mol. The molecule has 21 heavy (non-hydrogen) atoms. The third kappa shape index (κ3) is 7.22. The number of rotatable bonds is 8. The predicted octanol–water partition coefficient (Wildman–Crippen LogP) is -0.0949. The molecule has 4 N–H and O–H groups in total. The molecule has 0 heterocycles. The summed E-state index contributed by atoms with van der Waals surface area (Å²) in [5.41, 5.74) is 0. The van der Waals surface area contributed by atoms with E-state index in [0.29, 0.717) is 0 Å². The second kappa shape index (κ2) is 9.49. The van der Waals surface area contributed by atoms with Gasteiger partial charge in [-0.3, -0.25) is 0 Å². The van der Waals surface area contributed by atoms with Gasteiger partial charge in [0.2, 0.25) is 0 Å². The second-order valence-corrected chi connectivity index (χ2v) is 11.5. The van der Waals surface area contributed by atoms with Crippen molar-refractivity contribution < 1.29 is 36.2 Å². The number of amides is 4. The molecule has 0 bridgehead atoms. The zero-order valence-corrected chi connectivity index (χ0v) is 15.8. The van der Waals surface area contributed by atoms with Gasteiger partial charge in [0.15, 0.2) is 0 Å². The molecular weight excluding hydrogens is 448 g/mol. The molecule has 0 atom stereocenters. The zero-order chi connectivity index (χ0) is 16.5. The van der Waals surface area contributed by atoms with E-state index in [0.717, 1.165) is 0 Å². The Morgan fingerprint density at radius 3 is 0.905 bits per heavy atom. The molecule has 0 saturated carbocycles. The van der Waals surface area contributed by atoms with Gasteiger partial charge in [0.25, 0.3) is 0 Å². The topological polar surface area (TPSA) is 116 Å². The molecule has 4 amide bonds. The summed E-state index contributed by atoms with van der Waals surface area (Å²) in [6.07, 6.45) is 0.739. The van der Waals surface area contributed by atoms with Crippen LogP contribution < -0.4 is 15.5 Å². The fourth-order valence-corrected chi connectivity index (χ4v) is 9.21. The zero-order valence-electron chi connectivity index (χ0n) is 12.9. The average Bonchev–Trinajstić information content (AvgIpc) is 2.46. The second-order valence-electron chi connectivity index (χ2n) is 4.13.